The normalized spacial score (nSPS) is 6.40. The van der Waals surface area contributed by atoms with Crippen LogP contribution in [-0.2, 0) is 19.1 Å². The van der Waals surface area contributed by atoms with Crippen LogP contribution in [0.25, 0.3) is 0 Å². The molecule has 6 nitrogen and oxygen atoms in total. The maximum atomic E-state index is 9.97. The van der Waals surface area contributed by atoms with Gasteiger partial charge < -0.3 is 9.47 Å². The van der Waals surface area contributed by atoms with E-state index in [1.54, 1.807) is 12.1 Å². The molecule has 0 radical (unpaired) electrons. The summed E-state index contributed by atoms with van der Waals surface area (Å²) < 4.78 is 8.26. The predicted octanol–water partition coefficient (Wildman–Crippen LogP) is 0.782. The molecule has 0 bridgehead atoms. The highest BCUT2D eigenvalue weighted by Gasteiger charge is 1.93. The molecule has 15 heavy (non-hydrogen) atoms. The summed E-state index contributed by atoms with van der Waals surface area (Å²) in [6.45, 7) is 0. The van der Waals surface area contributed by atoms with E-state index in [9.17, 15) is 9.59 Å². The summed E-state index contributed by atoms with van der Waals surface area (Å²) >= 11 is 0. The molecule has 0 aliphatic carbocycles. The molecular formula is C9H14N2O4. The molecule has 0 spiro atoms. The minimum Gasteiger partial charge on any atom is -0.468 e. The first-order chi connectivity index (χ1) is 6.62. The Bertz CT molecular complexity index is 234. The van der Waals surface area contributed by atoms with Crippen LogP contribution in [0.2, 0.25) is 0 Å². The second kappa shape index (κ2) is 14.4. The van der Waals surface area contributed by atoms with Crippen molar-refractivity contribution >= 4 is 11.9 Å². The third-order valence-electron chi connectivity index (χ3n) is 0.902. The highest BCUT2D eigenvalue weighted by molar-refractivity contribution is 5.71. The number of carbonyl (C=O) groups is 2. The highest BCUT2D eigenvalue weighted by Crippen LogP contribution is 1.77. The van der Waals surface area contributed by atoms with Gasteiger partial charge in [0, 0.05) is 0 Å². The fraction of sp³-hybridized carbons (Fsp3) is 0.556. The summed E-state index contributed by atoms with van der Waals surface area (Å²) in [6, 6.07) is 3.29. The third-order valence-corrected chi connectivity index (χ3v) is 0.902. The number of ether oxygens (including phenoxy) is 2. The molecule has 0 aromatic carbocycles. The Balaban J connectivity index is -0.000000180. The zero-order chi connectivity index (χ0) is 11.4. The van der Waals surface area contributed by atoms with E-state index in [0.29, 0.717) is 0 Å². The van der Waals surface area contributed by atoms with Crippen LogP contribution >= 0.6 is 0 Å². The van der Waals surface area contributed by atoms with Crippen LogP contribution in [0.5, 0.6) is 0 Å². The van der Waals surface area contributed by atoms with Crippen LogP contribution < -0.4 is 0 Å². The lowest BCUT2D eigenvalue weighted by atomic mass is 10.5. The summed E-state index contributed by atoms with van der Waals surface area (Å²) in [5.74, 6) is -0.968. The van der Waals surface area contributed by atoms with Crippen molar-refractivity contribution in [3.8, 4) is 12.1 Å². The van der Waals surface area contributed by atoms with Crippen LogP contribution in [0, 0.1) is 22.7 Å². The lowest BCUT2D eigenvalue weighted by molar-refractivity contribution is -0.140. The zero-order valence-electron chi connectivity index (χ0n) is 7.94. The average Bonchev–Trinajstić information content (AvgIpc) is 2.19. The van der Waals surface area contributed by atoms with Crippen LogP contribution in [0.3, 0.4) is 0 Å². The van der Waals surface area contributed by atoms with E-state index in [2.05, 4.69) is 9.47 Å². The number of nitriles is 2. The van der Waals surface area contributed by atoms with E-state index in [0.717, 1.165) is 0 Å². The number of hydrogen-bond acceptors (Lipinski definition) is 6. The number of hydrogen-bond donors (Lipinski definition) is 0. The van der Waals surface area contributed by atoms with Gasteiger partial charge in [-0.15, -0.1) is 0 Å². The van der Waals surface area contributed by atoms with Crippen molar-refractivity contribution in [2.75, 3.05) is 14.2 Å². The molecule has 6 heteroatoms. The summed E-state index contributed by atoms with van der Waals surface area (Å²) in [7, 11) is 2.50. The van der Waals surface area contributed by atoms with Gasteiger partial charge in [-0.2, -0.15) is 10.5 Å². The number of rotatable bonds is 2. The predicted molar refractivity (Wildman–Crippen MR) is 51.2 cm³/mol. The molecule has 0 saturated heterocycles. The fourth-order valence-electron chi connectivity index (χ4n) is 0.273. The molecule has 0 aromatic rings. The monoisotopic (exact) mass is 214 g/mol. The quantitative estimate of drug-likeness (QED) is 0.629. The summed E-state index contributed by atoms with van der Waals surface area (Å²) in [5.41, 5.74) is 0. The molecule has 0 rings (SSSR count). The van der Waals surface area contributed by atoms with Crippen molar-refractivity contribution in [3.05, 3.63) is 0 Å². The van der Waals surface area contributed by atoms with Crippen LogP contribution in [0.1, 0.15) is 20.3 Å². The smallest absolute Gasteiger partial charge is 0.319 e. The topological polar surface area (TPSA) is 100 Å². The maximum Gasteiger partial charge on any atom is 0.319 e. The van der Waals surface area contributed by atoms with E-state index in [-0.39, 0.29) is 20.3 Å². The van der Waals surface area contributed by atoms with Crippen molar-refractivity contribution in [2.24, 2.45) is 0 Å². The van der Waals surface area contributed by atoms with Gasteiger partial charge in [0.05, 0.1) is 26.4 Å². The first-order valence-corrected chi connectivity index (χ1v) is 3.49. The molecule has 0 unspecified atom stereocenters. The maximum absolute atomic E-state index is 9.97. The molecule has 0 atom stereocenters. The average molecular weight is 214 g/mol. The van der Waals surface area contributed by atoms with Crippen molar-refractivity contribution in [1.29, 1.82) is 10.5 Å². The van der Waals surface area contributed by atoms with Crippen LogP contribution in [0.15, 0.2) is 0 Å². The molecule has 0 amide bonds. The Morgan fingerprint density at radius 1 is 1.00 bits per heavy atom. The number of methoxy groups -OCH3 is 2. The van der Waals surface area contributed by atoms with Crippen molar-refractivity contribution in [3.63, 3.8) is 0 Å². The molecule has 0 aliphatic heterocycles. The standard InChI is InChI=1S/2C4H5NO2.CH4/c2*1-7-4(6)2-3-5;/h2*2H2,1H3;1H4. The van der Waals surface area contributed by atoms with Crippen molar-refractivity contribution in [2.45, 2.75) is 20.3 Å². The second-order valence-electron chi connectivity index (χ2n) is 1.82. The summed E-state index contributed by atoms with van der Waals surface area (Å²) in [5, 5.41) is 15.6. The minimum absolute atomic E-state index is 0. The molecular weight excluding hydrogens is 200 g/mol. The van der Waals surface area contributed by atoms with Gasteiger partial charge in [-0.25, -0.2) is 0 Å². The zero-order valence-corrected chi connectivity index (χ0v) is 7.94. The van der Waals surface area contributed by atoms with E-state index < -0.39 is 11.9 Å². The molecule has 0 saturated carbocycles. The molecule has 0 aliphatic rings. The van der Waals surface area contributed by atoms with E-state index in [1.165, 1.54) is 14.2 Å². The number of carbonyl (C=O) groups excluding carboxylic acids is 2. The first-order valence-electron chi connectivity index (χ1n) is 3.49. The summed E-state index contributed by atoms with van der Waals surface area (Å²) in [6.07, 6.45) is -0.312. The number of esters is 2. The van der Waals surface area contributed by atoms with Gasteiger partial charge in [-0.05, 0) is 0 Å². The van der Waals surface area contributed by atoms with E-state index in [1.807, 2.05) is 0 Å². The Morgan fingerprint density at radius 3 is 1.33 bits per heavy atom. The van der Waals surface area contributed by atoms with Crippen LogP contribution in [-0.4, -0.2) is 26.2 Å². The van der Waals surface area contributed by atoms with E-state index >= 15 is 0 Å². The van der Waals surface area contributed by atoms with Gasteiger partial charge in [0.25, 0.3) is 0 Å². The van der Waals surface area contributed by atoms with Gasteiger partial charge in [-0.3, -0.25) is 9.59 Å². The lowest BCUT2D eigenvalue weighted by Crippen LogP contribution is -1.96. The molecule has 0 aromatic heterocycles. The molecule has 0 heterocycles. The van der Waals surface area contributed by atoms with Gasteiger partial charge in [0.15, 0.2) is 0 Å². The van der Waals surface area contributed by atoms with Gasteiger partial charge in [-0.1, -0.05) is 7.43 Å². The van der Waals surface area contributed by atoms with Crippen molar-refractivity contribution < 1.29 is 19.1 Å². The van der Waals surface area contributed by atoms with Gasteiger partial charge in [0.2, 0.25) is 0 Å². The molecule has 0 fully saturated rings. The number of nitrogens with zero attached hydrogens (tertiary/aromatic N) is 2. The minimum atomic E-state index is -0.484. The van der Waals surface area contributed by atoms with Gasteiger partial charge in [0.1, 0.15) is 12.8 Å². The Labute approximate surface area is 89.0 Å². The summed E-state index contributed by atoms with van der Waals surface area (Å²) in [4.78, 5) is 19.9. The Morgan fingerprint density at radius 2 is 1.27 bits per heavy atom. The van der Waals surface area contributed by atoms with E-state index in [4.69, 9.17) is 10.5 Å². The fourth-order valence-corrected chi connectivity index (χ4v) is 0.273. The molecule has 84 valence electrons. The molecule has 0 N–H and O–H groups in total. The van der Waals surface area contributed by atoms with Gasteiger partial charge >= 0.3 is 11.9 Å². The lowest BCUT2D eigenvalue weighted by Gasteiger charge is -1.85. The SMILES string of the molecule is C.COC(=O)CC#N.COC(=O)CC#N. The second-order valence-corrected chi connectivity index (χ2v) is 1.82. The Hall–Kier alpha value is -2.08. The third kappa shape index (κ3) is 18.7. The Kier molecular flexibility index (Phi) is 18.0. The largest absolute Gasteiger partial charge is 0.468 e. The van der Waals surface area contributed by atoms with Crippen molar-refractivity contribution in [1.82, 2.24) is 0 Å². The van der Waals surface area contributed by atoms with Crippen LogP contribution in [0.4, 0.5) is 0 Å². The first kappa shape index (κ1) is 18.7. The highest BCUT2D eigenvalue weighted by atomic mass is 16.5.